The molecule has 4 nitrogen and oxygen atoms in total. The van der Waals surface area contributed by atoms with E-state index in [0.717, 1.165) is 80.7 Å². The highest BCUT2D eigenvalue weighted by Crippen LogP contribution is 2.32. The Bertz CT molecular complexity index is 1240. The van der Waals surface area contributed by atoms with E-state index in [1.807, 2.05) is 19.1 Å². The summed E-state index contributed by atoms with van der Waals surface area (Å²) < 4.78 is 29.6. The summed E-state index contributed by atoms with van der Waals surface area (Å²) in [6.45, 7) is 12.9. The maximum atomic E-state index is 15.8. The van der Waals surface area contributed by atoms with E-state index in [-0.39, 0.29) is 5.82 Å². The summed E-state index contributed by atoms with van der Waals surface area (Å²) >= 11 is 6.01. The van der Waals surface area contributed by atoms with Crippen LogP contribution in [0.3, 0.4) is 0 Å². The lowest BCUT2D eigenvalue weighted by molar-refractivity contribution is 0.148. The first-order chi connectivity index (χ1) is 19.2. The first-order valence-electron chi connectivity index (χ1n) is 14.2. The molecule has 216 valence electrons. The molecule has 1 heterocycles. The predicted molar refractivity (Wildman–Crippen MR) is 167 cm³/mol. The van der Waals surface area contributed by atoms with Crippen molar-refractivity contribution in [3.8, 4) is 0 Å². The lowest BCUT2D eigenvalue weighted by atomic mass is 9.90. The fourth-order valence-electron chi connectivity index (χ4n) is 4.68. The molecule has 0 amide bonds. The van der Waals surface area contributed by atoms with Crippen LogP contribution >= 0.6 is 11.6 Å². The van der Waals surface area contributed by atoms with Crippen LogP contribution in [0.5, 0.6) is 0 Å². The number of anilines is 1. The van der Waals surface area contributed by atoms with Gasteiger partial charge in [-0.1, -0.05) is 62.6 Å². The van der Waals surface area contributed by atoms with Gasteiger partial charge in [0.05, 0.1) is 0 Å². The molecule has 0 radical (unpaired) electrons. The number of nitrogens with one attached hydrogen (secondary N) is 1. The van der Waals surface area contributed by atoms with Crippen LogP contribution in [0.4, 0.5) is 14.5 Å². The monoisotopic (exact) mass is 568 g/mol. The van der Waals surface area contributed by atoms with E-state index in [2.05, 4.69) is 53.2 Å². The molecule has 1 fully saturated rings. The van der Waals surface area contributed by atoms with Crippen molar-refractivity contribution in [2.24, 2.45) is 4.99 Å². The third-order valence-corrected chi connectivity index (χ3v) is 7.21. The van der Waals surface area contributed by atoms with Crippen LogP contribution in [-0.2, 0) is 6.54 Å². The fraction of sp³-hybridized carbons (Fsp3) is 0.424. The largest absolute Gasteiger partial charge is 0.344 e. The average molecular weight is 569 g/mol. The van der Waals surface area contributed by atoms with Gasteiger partial charge in [-0.15, -0.1) is 0 Å². The molecule has 0 aliphatic carbocycles. The summed E-state index contributed by atoms with van der Waals surface area (Å²) in [6.07, 6.45) is 9.76. The number of aliphatic imine (C=N–C) groups is 1. The van der Waals surface area contributed by atoms with Crippen LogP contribution in [0.25, 0.3) is 5.57 Å². The molecule has 40 heavy (non-hydrogen) atoms. The highest BCUT2D eigenvalue weighted by atomic mass is 35.5. The van der Waals surface area contributed by atoms with Crippen molar-refractivity contribution < 1.29 is 8.78 Å². The number of benzene rings is 2. The highest BCUT2D eigenvalue weighted by molar-refractivity contribution is 6.30. The Labute approximate surface area is 244 Å². The molecule has 0 atom stereocenters. The van der Waals surface area contributed by atoms with Crippen LogP contribution in [0.2, 0.25) is 5.02 Å². The number of halogens is 3. The quantitative estimate of drug-likeness (QED) is 0.167. The Balaban J connectivity index is 1.96. The van der Waals surface area contributed by atoms with Gasteiger partial charge in [0.2, 0.25) is 0 Å². The molecule has 0 unspecified atom stereocenters. The molecule has 7 heteroatoms. The Morgan fingerprint density at radius 3 is 2.33 bits per heavy atom. The van der Waals surface area contributed by atoms with Crippen LogP contribution in [-0.4, -0.2) is 48.9 Å². The van der Waals surface area contributed by atoms with Gasteiger partial charge in [-0.05, 0) is 74.7 Å². The molecule has 2 aromatic rings. The number of unbranched alkanes of at least 4 members (excludes halogenated alkanes) is 2. The topological polar surface area (TPSA) is 30.9 Å². The van der Waals surface area contributed by atoms with Gasteiger partial charge in [-0.25, -0.2) is 13.8 Å². The highest BCUT2D eigenvalue weighted by Gasteiger charge is 2.17. The lowest BCUT2D eigenvalue weighted by Gasteiger charge is -2.32. The summed E-state index contributed by atoms with van der Waals surface area (Å²) in [5, 5.41) is 3.41. The van der Waals surface area contributed by atoms with Crippen molar-refractivity contribution >= 4 is 28.7 Å². The molecular weight excluding hydrogens is 526 g/mol. The average Bonchev–Trinajstić information content (AvgIpc) is 2.90. The molecule has 1 aliphatic heterocycles. The van der Waals surface area contributed by atoms with Crippen molar-refractivity contribution in [1.82, 2.24) is 9.80 Å². The van der Waals surface area contributed by atoms with E-state index in [4.69, 9.17) is 11.6 Å². The van der Waals surface area contributed by atoms with Crippen LogP contribution in [0.15, 0.2) is 70.9 Å². The van der Waals surface area contributed by atoms with Crippen molar-refractivity contribution in [1.29, 1.82) is 0 Å². The number of hydrogen-bond donors (Lipinski definition) is 1. The summed E-state index contributed by atoms with van der Waals surface area (Å²) in [7, 11) is 2.14. The van der Waals surface area contributed by atoms with Gasteiger partial charge in [0.25, 0.3) is 0 Å². The Kier molecular flexibility index (Phi) is 12.6. The number of piperazine rings is 1. The summed E-state index contributed by atoms with van der Waals surface area (Å²) in [5.41, 5.74) is 4.81. The molecule has 0 saturated carbocycles. The number of allylic oxidation sites excluding steroid dienone is 5. The molecule has 1 N–H and O–H groups in total. The molecule has 2 aromatic carbocycles. The number of nitrogens with zero attached hydrogens (tertiary/aromatic N) is 3. The normalized spacial score (nSPS) is 16.5. The van der Waals surface area contributed by atoms with Gasteiger partial charge in [-0.2, -0.15) is 0 Å². The minimum atomic E-state index is -0.422. The Hall–Kier alpha value is -2.80. The summed E-state index contributed by atoms with van der Waals surface area (Å²) in [5.74, 6) is -0.0783. The molecule has 3 rings (SSSR count). The maximum absolute atomic E-state index is 15.8. The smallest absolute Gasteiger partial charge is 0.131 e. The minimum Gasteiger partial charge on any atom is -0.344 e. The maximum Gasteiger partial charge on any atom is 0.131 e. The van der Waals surface area contributed by atoms with Crippen molar-refractivity contribution in [2.45, 2.75) is 59.9 Å². The number of amidine groups is 1. The number of likely N-dealkylation sites (N-methyl/N-ethyl adjacent to an activating group) is 1. The van der Waals surface area contributed by atoms with Gasteiger partial charge < -0.3 is 10.2 Å². The lowest BCUT2D eigenvalue weighted by Crippen LogP contribution is -2.43. The first-order valence-corrected chi connectivity index (χ1v) is 14.6. The molecule has 1 saturated heterocycles. The molecular formula is C33H43ClF2N4. The second kappa shape index (κ2) is 15.8. The third-order valence-electron chi connectivity index (χ3n) is 6.99. The number of hydrogen-bond acceptors (Lipinski definition) is 3. The molecule has 1 aliphatic rings. The Morgan fingerprint density at radius 2 is 1.68 bits per heavy atom. The predicted octanol–water partition coefficient (Wildman–Crippen LogP) is 8.71. The Morgan fingerprint density at radius 1 is 0.975 bits per heavy atom. The van der Waals surface area contributed by atoms with E-state index in [0.29, 0.717) is 22.1 Å². The minimum absolute atomic E-state index is 0.226. The van der Waals surface area contributed by atoms with Crippen molar-refractivity contribution in [3.05, 3.63) is 93.7 Å². The van der Waals surface area contributed by atoms with Crippen molar-refractivity contribution in [2.75, 3.05) is 38.5 Å². The molecule has 0 aromatic heterocycles. The van der Waals surface area contributed by atoms with Gasteiger partial charge >= 0.3 is 0 Å². The van der Waals surface area contributed by atoms with E-state index >= 15 is 4.39 Å². The first kappa shape index (κ1) is 31.7. The van der Waals surface area contributed by atoms with E-state index in [1.54, 1.807) is 25.3 Å². The zero-order chi connectivity index (χ0) is 29.1. The molecule has 0 bridgehead atoms. The van der Waals surface area contributed by atoms with E-state index < -0.39 is 5.82 Å². The third kappa shape index (κ3) is 9.69. The standard InChI is InChI=1S/C33H43ClF2N4/c1-6-8-10-24(3)32(22-37-25(4)38-29-20-27(34)19-28(35)21-29)30(11-9-7-2)31-13-12-26(18-33(31)36)23-40-16-14-39(5)15-17-40/h10-13,18-22H,6-9,14-17,23H2,1-5H3,(H,37,38)/b24-10+,30-11-,32-22+. The summed E-state index contributed by atoms with van der Waals surface area (Å²) in [4.78, 5) is 9.35. The second-order valence-corrected chi connectivity index (χ2v) is 11.0. The van der Waals surface area contributed by atoms with Gasteiger partial charge in [0.15, 0.2) is 0 Å². The zero-order valence-corrected chi connectivity index (χ0v) is 25.3. The second-order valence-electron chi connectivity index (χ2n) is 10.5. The van der Waals surface area contributed by atoms with Gasteiger partial charge in [0.1, 0.15) is 17.5 Å². The van der Waals surface area contributed by atoms with Crippen molar-refractivity contribution in [3.63, 3.8) is 0 Å². The van der Waals surface area contributed by atoms with Gasteiger partial charge in [0, 0.05) is 60.8 Å². The van der Waals surface area contributed by atoms with Crippen LogP contribution < -0.4 is 5.32 Å². The van der Waals surface area contributed by atoms with Gasteiger partial charge in [-0.3, -0.25) is 4.90 Å². The SMILES string of the molecule is CCC/C=C(C)/C(=C\N=C(C)Nc1cc(F)cc(Cl)c1)C(=C\CCC)/c1ccc(CN2CCN(C)CC2)cc1F. The van der Waals surface area contributed by atoms with Crippen LogP contribution in [0, 0.1) is 11.6 Å². The number of rotatable bonds is 11. The fourth-order valence-corrected chi connectivity index (χ4v) is 4.90. The summed E-state index contributed by atoms with van der Waals surface area (Å²) in [6, 6.07) is 9.91. The van der Waals surface area contributed by atoms with E-state index in [1.165, 1.54) is 12.1 Å². The molecule has 0 spiro atoms. The zero-order valence-electron chi connectivity index (χ0n) is 24.5. The van der Waals surface area contributed by atoms with Crippen LogP contribution in [0.1, 0.15) is 64.5 Å². The van der Waals surface area contributed by atoms with E-state index in [9.17, 15) is 4.39 Å².